The molecule has 14 heavy (non-hydrogen) atoms. The molecule has 0 heterocycles. The number of amides is 1. The van der Waals surface area contributed by atoms with Crippen LogP contribution in [0.1, 0.15) is 25.7 Å². The van der Waals surface area contributed by atoms with Crippen LogP contribution in [0, 0.1) is 0 Å². The molecule has 0 bridgehead atoms. The largest absolute Gasteiger partial charge is 0.471 e. The lowest BCUT2D eigenvalue weighted by Gasteiger charge is -2.06. The van der Waals surface area contributed by atoms with Crippen molar-refractivity contribution in [1.29, 1.82) is 0 Å². The van der Waals surface area contributed by atoms with E-state index in [2.05, 4.69) is 0 Å². The number of halogens is 3. The van der Waals surface area contributed by atoms with E-state index in [4.69, 9.17) is 0 Å². The second-order valence-corrected chi connectivity index (χ2v) is 2.77. The molecule has 0 saturated carbocycles. The van der Waals surface area contributed by atoms with Crippen LogP contribution >= 0.6 is 0 Å². The second-order valence-electron chi connectivity index (χ2n) is 2.77. The van der Waals surface area contributed by atoms with E-state index in [1.54, 1.807) is 5.32 Å². The third-order valence-corrected chi connectivity index (χ3v) is 1.54. The average molecular weight is 211 g/mol. The number of aldehydes is 1. The van der Waals surface area contributed by atoms with Gasteiger partial charge in [-0.05, 0) is 12.8 Å². The van der Waals surface area contributed by atoms with Crippen molar-refractivity contribution in [3.05, 3.63) is 0 Å². The molecule has 1 amide bonds. The van der Waals surface area contributed by atoms with Gasteiger partial charge in [0.2, 0.25) is 0 Å². The zero-order chi connectivity index (χ0) is 11.0. The fraction of sp³-hybridized carbons (Fsp3) is 0.750. The van der Waals surface area contributed by atoms with Crippen molar-refractivity contribution >= 4 is 12.2 Å². The molecule has 0 aliphatic carbocycles. The predicted molar refractivity (Wildman–Crippen MR) is 43.6 cm³/mol. The molecule has 0 radical (unpaired) electrons. The van der Waals surface area contributed by atoms with Crippen molar-refractivity contribution in [3.8, 4) is 0 Å². The van der Waals surface area contributed by atoms with Gasteiger partial charge in [-0.2, -0.15) is 13.2 Å². The lowest BCUT2D eigenvalue weighted by atomic mass is 10.2. The fourth-order valence-electron chi connectivity index (χ4n) is 0.832. The van der Waals surface area contributed by atoms with Crippen molar-refractivity contribution in [3.63, 3.8) is 0 Å². The summed E-state index contributed by atoms with van der Waals surface area (Å²) in [5, 5.41) is 1.75. The van der Waals surface area contributed by atoms with E-state index in [-0.39, 0.29) is 6.54 Å². The number of rotatable bonds is 6. The molecule has 0 aromatic heterocycles. The van der Waals surface area contributed by atoms with Crippen LogP contribution in [0.2, 0.25) is 0 Å². The molecule has 0 aromatic rings. The number of alkyl halides is 3. The summed E-state index contributed by atoms with van der Waals surface area (Å²) < 4.78 is 34.9. The van der Waals surface area contributed by atoms with Crippen LogP contribution in [-0.4, -0.2) is 24.9 Å². The number of hydrogen-bond acceptors (Lipinski definition) is 2. The summed E-state index contributed by atoms with van der Waals surface area (Å²) in [4.78, 5) is 20.1. The number of hydrogen-bond donors (Lipinski definition) is 1. The summed E-state index contributed by atoms with van der Waals surface area (Å²) in [7, 11) is 0. The zero-order valence-corrected chi connectivity index (χ0v) is 7.56. The van der Waals surface area contributed by atoms with Crippen LogP contribution in [0.25, 0.3) is 0 Å². The van der Waals surface area contributed by atoms with Crippen molar-refractivity contribution in [2.45, 2.75) is 31.9 Å². The predicted octanol–water partition coefficient (Wildman–Crippen LogP) is 1.42. The molecule has 0 aliphatic heterocycles. The Hall–Kier alpha value is -1.07. The molecule has 3 nitrogen and oxygen atoms in total. The minimum Gasteiger partial charge on any atom is -0.348 e. The van der Waals surface area contributed by atoms with Gasteiger partial charge in [0.05, 0.1) is 0 Å². The number of carbonyl (C=O) groups excluding carboxylic acids is 2. The first kappa shape index (κ1) is 12.9. The van der Waals surface area contributed by atoms with Crippen LogP contribution in [0.5, 0.6) is 0 Å². The Morgan fingerprint density at radius 1 is 1.21 bits per heavy atom. The highest BCUT2D eigenvalue weighted by Gasteiger charge is 2.37. The van der Waals surface area contributed by atoms with Gasteiger partial charge in [-0.1, -0.05) is 6.42 Å². The molecule has 0 aromatic carbocycles. The van der Waals surface area contributed by atoms with Crippen LogP contribution in [-0.2, 0) is 9.59 Å². The maximum absolute atomic E-state index is 11.6. The first-order valence-corrected chi connectivity index (χ1v) is 4.27. The van der Waals surface area contributed by atoms with Gasteiger partial charge >= 0.3 is 12.1 Å². The molecule has 0 aliphatic rings. The second kappa shape index (κ2) is 6.39. The maximum Gasteiger partial charge on any atom is 0.471 e. The highest BCUT2D eigenvalue weighted by atomic mass is 19.4. The zero-order valence-electron chi connectivity index (χ0n) is 7.56. The Morgan fingerprint density at radius 3 is 2.36 bits per heavy atom. The fourth-order valence-corrected chi connectivity index (χ4v) is 0.832. The van der Waals surface area contributed by atoms with Gasteiger partial charge in [0, 0.05) is 13.0 Å². The topological polar surface area (TPSA) is 46.2 Å². The van der Waals surface area contributed by atoms with E-state index >= 15 is 0 Å². The van der Waals surface area contributed by atoms with Gasteiger partial charge in [-0.3, -0.25) is 4.79 Å². The normalized spacial score (nSPS) is 11.1. The summed E-state index contributed by atoms with van der Waals surface area (Å²) in [6.45, 7) is -0.00278. The van der Waals surface area contributed by atoms with Crippen LogP contribution in [0.4, 0.5) is 13.2 Å². The standard InChI is InChI=1S/C8H12F3NO2/c9-8(10,11)7(14)12-5-3-1-2-4-6-13/h6H,1-5H2,(H,12,14). The lowest BCUT2D eigenvalue weighted by molar-refractivity contribution is -0.173. The molecule has 1 N–H and O–H groups in total. The Bertz CT molecular complexity index is 192. The van der Waals surface area contributed by atoms with Crippen LogP contribution in [0.15, 0.2) is 0 Å². The van der Waals surface area contributed by atoms with E-state index in [1.807, 2.05) is 0 Å². The molecule has 0 rings (SSSR count). The van der Waals surface area contributed by atoms with E-state index in [1.165, 1.54) is 0 Å². The number of unbranched alkanes of at least 4 members (excludes halogenated alkanes) is 3. The summed E-state index contributed by atoms with van der Waals surface area (Å²) in [6, 6.07) is 0. The van der Waals surface area contributed by atoms with Gasteiger partial charge < -0.3 is 10.1 Å². The summed E-state index contributed by atoms with van der Waals surface area (Å²) in [5.74, 6) is -1.91. The molecular weight excluding hydrogens is 199 g/mol. The summed E-state index contributed by atoms with van der Waals surface area (Å²) >= 11 is 0. The van der Waals surface area contributed by atoms with Crippen LogP contribution in [0.3, 0.4) is 0 Å². The number of nitrogens with one attached hydrogen (secondary N) is 1. The van der Waals surface area contributed by atoms with Gasteiger partial charge in [0.15, 0.2) is 0 Å². The SMILES string of the molecule is O=CCCCCCNC(=O)C(F)(F)F. The monoisotopic (exact) mass is 211 g/mol. The molecular formula is C8H12F3NO2. The molecule has 0 saturated heterocycles. The Kier molecular flexibility index (Phi) is 5.91. The van der Waals surface area contributed by atoms with E-state index in [0.29, 0.717) is 25.7 Å². The molecule has 0 atom stereocenters. The first-order valence-electron chi connectivity index (χ1n) is 4.27. The highest BCUT2D eigenvalue weighted by molar-refractivity contribution is 5.81. The Morgan fingerprint density at radius 2 is 1.86 bits per heavy atom. The first-order chi connectivity index (χ1) is 6.48. The Labute approximate surface area is 79.7 Å². The lowest BCUT2D eigenvalue weighted by Crippen LogP contribution is -2.37. The van der Waals surface area contributed by atoms with Gasteiger partial charge in [0.1, 0.15) is 6.29 Å². The summed E-state index contributed by atoms with van der Waals surface area (Å²) in [5.41, 5.74) is 0. The molecule has 6 heteroatoms. The van der Waals surface area contributed by atoms with E-state index in [9.17, 15) is 22.8 Å². The van der Waals surface area contributed by atoms with E-state index < -0.39 is 12.1 Å². The smallest absolute Gasteiger partial charge is 0.348 e. The van der Waals surface area contributed by atoms with Crippen molar-refractivity contribution in [2.75, 3.05) is 6.54 Å². The third-order valence-electron chi connectivity index (χ3n) is 1.54. The van der Waals surface area contributed by atoms with Crippen molar-refractivity contribution < 1.29 is 22.8 Å². The highest BCUT2D eigenvalue weighted by Crippen LogP contribution is 2.13. The van der Waals surface area contributed by atoms with Crippen LogP contribution < -0.4 is 5.32 Å². The number of carbonyl (C=O) groups is 2. The maximum atomic E-state index is 11.6. The summed E-state index contributed by atoms with van der Waals surface area (Å²) in [6.07, 6.45) is -1.90. The minimum absolute atomic E-state index is 0.00278. The molecule has 0 unspecified atom stereocenters. The quantitative estimate of drug-likeness (QED) is 0.533. The van der Waals surface area contributed by atoms with Crippen molar-refractivity contribution in [1.82, 2.24) is 5.32 Å². The molecule has 82 valence electrons. The minimum atomic E-state index is -4.80. The molecule has 0 spiro atoms. The Balaban J connectivity index is 3.37. The van der Waals surface area contributed by atoms with Gasteiger partial charge in [-0.25, -0.2) is 0 Å². The average Bonchev–Trinajstić information content (AvgIpc) is 2.09. The van der Waals surface area contributed by atoms with E-state index in [0.717, 1.165) is 6.29 Å². The van der Waals surface area contributed by atoms with Gasteiger partial charge in [-0.15, -0.1) is 0 Å². The van der Waals surface area contributed by atoms with Crippen molar-refractivity contribution in [2.24, 2.45) is 0 Å². The van der Waals surface area contributed by atoms with Gasteiger partial charge in [0.25, 0.3) is 0 Å². The molecule has 0 fully saturated rings. The third kappa shape index (κ3) is 6.45.